The average Bonchev–Trinajstić information content (AvgIpc) is 2.23. The zero-order chi connectivity index (χ0) is 11.0. The average molecular weight is 197 g/mol. The van der Waals surface area contributed by atoms with Gasteiger partial charge in [0.15, 0.2) is 0 Å². The van der Waals surface area contributed by atoms with Crippen molar-refractivity contribution in [2.45, 2.75) is 46.7 Å². The minimum atomic E-state index is -0.148. The molecular weight excluding hydrogens is 178 g/mol. The minimum absolute atomic E-state index is 0.0509. The summed E-state index contributed by atoms with van der Waals surface area (Å²) in [7, 11) is 0. The number of rotatable bonds is 2. The summed E-state index contributed by atoms with van der Waals surface area (Å²) in [5, 5.41) is 0. The maximum atomic E-state index is 11.8. The molecule has 80 valence electrons. The Bertz CT molecular complexity index is 260. The van der Waals surface area contributed by atoms with Crippen LogP contribution in [0.2, 0.25) is 0 Å². The Morgan fingerprint density at radius 1 is 1.36 bits per heavy atom. The quantitative estimate of drug-likeness (QED) is 0.672. The molecule has 1 aliphatic rings. The van der Waals surface area contributed by atoms with E-state index in [0.717, 1.165) is 0 Å². The summed E-state index contributed by atoms with van der Waals surface area (Å²) >= 11 is 0. The van der Waals surface area contributed by atoms with Gasteiger partial charge in [-0.15, -0.1) is 0 Å². The zero-order valence-electron chi connectivity index (χ0n) is 9.57. The maximum absolute atomic E-state index is 11.8. The van der Waals surface area contributed by atoms with Crippen molar-refractivity contribution in [2.24, 2.45) is 11.8 Å². The number of nitrogens with zero attached hydrogens (tertiary/aromatic N) is 1. The Kier molecular flexibility index (Phi) is 2.98. The molecule has 3 nitrogen and oxygen atoms in total. The van der Waals surface area contributed by atoms with Gasteiger partial charge in [0.2, 0.25) is 5.91 Å². The lowest BCUT2D eigenvalue weighted by Crippen LogP contribution is -2.39. The number of ketones is 1. The largest absolute Gasteiger partial charge is 0.337 e. The predicted molar refractivity (Wildman–Crippen MR) is 54.8 cm³/mol. The second-order valence-electron chi connectivity index (χ2n) is 4.50. The molecule has 0 bridgehead atoms. The van der Waals surface area contributed by atoms with Crippen molar-refractivity contribution < 1.29 is 9.59 Å². The SMILES string of the molecule is CC(=O)C1C(C)C(=O)N(C(C)C)C1C. The minimum Gasteiger partial charge on any atom is -0.337 e. The smallest absolute Gasteiger partial charge is 0.226 e. The molecule has 3 atom stereocenters. The van der Waals surface area contributed by atoms with E-state index >= 15 is 0 Å². The van der Waals surface area contributed by atoms with Crippen molar-refractivity contribution in [3.63, 3.8) is 0 Å². The van der Waals surface area contributed by atoms with Crippen LogP contribution in [0.1, 0.15) is 34.6 Å². The predicted octanol–water partition coefficient (Wildman–Crippen LogP) is 1.47. The Morgan fingerprint density at radius 3 is 2.07 bits per heavy atom. The van der Waals surface area contributed by atoms with Crippen LogP contribution in [-0.2, 0) is 9.59 Å². The van der Waals surface area contributed by atoms with Gasteiger partial charge in [-0.25, -0.2) is 0 Å². The lowest BCUT2D eigenvalue weighted by molar-refractivity contribution is -0.133. The summed E-state index contributed by atoms with van der Waals surface area (Å²) in [6.07, 6.45) is 0. The fraction of sp³-hybridized carbons (Fsp3) is 0.818. The highest BCUT2D eigenvalue weighted by molar-refractivity contribution is 5.91. The Labute approximate surface area is 85.5 Å². The van der Waals surface area contributed by atoms with Gasteiger partial charge in [-0.05, 0) is 27.7 Å². The van der Waals surface area contributed by atoms with Crippen LogP contribution in [0, 0.1) is 11.8 Å². The van der Waals surface area contributed by atoms with Crippen molar-refractivity contribution >= 4 is 11.7 Å². The normalized spacial score (nSPS) is 32.9. The summed E-state index contributed by atoms with van der Waals surface area (Å²) < 4.78 is 0. The van der Waals surface area contributed by atoms with Gasteiger partial charge in [0.25, 0.3) is 0 Å². The van der Waals surface area contributed by atoms with E-state index in [1.165, 1.54) is 0 Å². The van der Waals surface area contributed by atoms with Gasteiger partial charge in [0.1, 0.15) is 5.78 Å². The summed E-state index contributed by atoms with van der Waals surface area (Å²) in [5.41, 5.74) is 0. The third-order valence-corrected chi connectivity index (χ3v) is 3.17. The summed E-state index contributed by atoms with van der Waals surface area (Å²) in [5.74, 6) is -0.0241. The Hall–Kier alpha value is -0.860. The summed E-state index contributed by atoms with van der Waals surface area (Å²) in [4.78, 5) is 25.1. The van der Waals surface area contributed by atoms with Crippen LogP contribution < -0.4 is 0 Å². The van der Waals surface area contributed by atoms with E-state index in [-0.39, 0.29) is 35.6 Å². The molecule has 0 spiro atoms. The van der Waals surface area contributed by atoms with Crippen molar-refractivity contribution in [1.29, 1.82) is 0 Å². The number of hydrogen-bond acceptors (Lipinski definition) is 2. The Morgan fingerprint density at radius 2 is 1.86 bits per heavy atom. The van der Waals surface area contributed by atoms with Crippen LogP contribution >= 0.6 is 0 Å². The molecular formula is C11H19NO2. The Balaban J connectivity index is 2.96. The van der Waals surface area contributed by atoms with Crippen LogP contribution in [0.5, 0.6) is 0 Å². The molecule has 1 fully saturated rings. The molecule has 1 aliphatic heterocycles. The van der Waals surface area contributed by atoms with Gasteiger partial charge < -0.3 is 4.90 Å². The molecule has 1 heterocycles. The molecule has 1 amide bonds. The first kappa shape index (κ1) is 11.2. The lowest BCUT2D eigenvalue weighted by atomic mass is 9.89. The molecule has 0 N–H and O–H groups in total. The molecule has 0 aromatic carbocycles. The first-order valence-corrected chi connectivity index (χ1v) is 5.20. The second kappa shape index (κ2) is 3.71. The van der Waals surface area contributed by atoms with Crippen LogP contribution in [-0.4, -0.2) is 28.7 Å². The van der Waals surface area contributed by atoms with Gasteiger partial charge in [-0.1, -0.05) is 6.92 Å². The van der Waals surface area contributed by atoms with E-state index in [2.05, 4.69) is 0 Å². The third kappa shape index (κ3) is 1.56. The molecule has 0 saturated carbocycles. The van der Waals surface area contributed by atoms with Crippen molar-refractivity contribution in [3.05, 3.63) is 0 Å². The number of Topliss-reactive ketones (excluding diaryl/α,β-unsaturated/α-hetero) is 1. The van der Waals surface area contributed by atoms with Crippen molar-refractivity contribution in [2.75, 3.05) is 0 Å². The first-order valence-electron chi connectivity index (χ1n) is 5.20. The van der Waals surface area contributed by atoms with Gasteiger partial charge >= 0.3 is 0 Å². The van der Waals surface area contributed by atoms with Gasteiger partial charge in [0, 0.05) is 23.9 Å². The molecule has 0 aromatic rings. The summed E-state index contributed by atoms with van der Waals surface area (Å²) in [6, 6.07) is 0.235. The van der Waals surface area contributed by atoms with Gasteiger partial charge in [-0.3, -0.25) is 9.59 Å². The van der Waals surface area contributed by atoms with Crippen LogP contribution in [0.25, 0.3) is 0 Å². The van der Waals surface area contributed by atoms with Crippen LogP contribution in [0.3, 0.4) is 0 Å². The van der Waals surface area contributed by atoms with E-state index in [0.29, 0.717) is 0 Å². The highest BCUT2D eigenvalue weighted by atomic mass is 16.2. The number of hydrogen-bond donors (Lipinski definition) is 0. The van der Waals surface area contributed by atoms with E-state index in [9.17, 15) is 9.59 Å². The fourth-order valence-electron chi connectivity index (χ4n) is 2.60. The second-order valence-corrected chi connectivity index (χ2v) is 4.50. The van der Waals surface area contributed by atoms with Crippen molar-refractivity contribution in [1.82, 2.24) is 4.90 Å². The van der Waals surface area contributed by atoms with Crippen molar-refractivity contribution in [3.8, 4) is 0 Å². The monoisotopic (exact) mass is 197 g/mol. The van der Waals surface area contributed by atoms with Gasteiger partial charge in [-0.2, -0.15) is 0 Å². The molecule has 0 radical (unpaired) electrons. The third-order valence-electron chi connectivity index (χ3n) is 3.17. The molecule has 14 heavy (non-hydrogen) atoms. The highest BCUT2D eigenvalue weighted by Gasteiger charge is 2.46. The van der Waals surface area contributed by atoms with E-state index < -0.39 is 0 Å². The molecule has 1 rings (SSSR count). The van der Waals surface area contributed by atoms with E-state index in [1.54, 1.807) is 6.92 Å². The standard InChI is InChI=1S/C11H19NO2/c1-6(2)12-8(4)10(9(5)13)7(3)11(12)14/h6-8,10H,1-5H3. The topological polar surface area (TPSA) is 37.4 Å². The molecule has 0 aliphatic carbocycles. The van der Waals surface area contributed by atoms with E-state index in [1.807, 2.05) is 32.6 Å². The number of likely N-dealkylation sites (tertiary alicyclic amines) is 1. The van der Waals surface area contributed by atoms with Crippen LogP contribution in [0.15, 0.2) is 0 Å². The number of amides is 1. The molecule has 0 aromatic heterocycles. The number of carbonyl (C=O) groups is 2. The lowest BCUT2D eigenvalue weighted by Gasteiger charge is -2.27. The highest BCUT2D eigenvalue weighted by Crippen LogP contribution is 2.32. The van der Waals surface area contributed by atoms with Crippen LogP contribution in [0.4, 0.5) is 0 Å². The first-order chi connectivity index (χ1) is 6.37. The summed E-state index contributed by atoms with van der Waals surface area (Å²) in [6.45, 7) is 9.38. The number of carbonyl (C=O) groups excluding carboxylic acids is 2. The maximum Gasteiger partial charge on any atom is 0.226 e. The molecule has 3 unspecified atom stereocenters. The van der Waals surface area contributed by atoms with Gasteiger partial charge in [0.05, 0.1) is 0 Å². The van der Waals surface area contributed by atoms with E-state index in [4.69, 9.17) is 0 Å². The fourth-order valence-corrected chi connectivity index (χ4v) is 2.60. The zero-order valence-corrected chi connectivity index (χ0v) is 9.57. The molecule has 3 heteroatoms. The molecule has 1 saturated heterocycles.